The Morgan fingerprint density at radius 2 is 2.11 bits per heavy atom. The fourth-order valence-corrected chi connectivity index (χ4v) is 2.87. The lowest BCUT2D eigenvalue weighted by Gasteiger charge is -2.22. The zero-order chi connectivity index (χ0) is 13.8. The molecule has 0 fully saturated rings. The highest BCUT2D eigenvalue weighted by atomic mass is 32.2. The van der Waals surface area contributed by atoms with Gasteiger partial charge in [-0.1, -0.05) is 6.07 Å². The molecule has 0 aromatic heterocycles. The summed E-state index contributed by atoms with van der Waals surface area (Å²) in [6.45, 7) is 1.79. The minimum atomic E-state index is -3.81. The Balaban J connectivity index is 3.06. The van der Waals surface area contributed by atoms with Gasteiger partial charge in [0.05, 0.1) is 12.8 Å². The van der Waals surface area contributed by atoms with E-state index >= 15 is 0 Å². The number of methoxy groups -OCH3 is 1. The highest BCUT2D eigenvalue weighted by Crippen LogP contribution is 2.22. The number of phenolic OH excluding ortho intramolecular Hbond substituents is 1. The van der Waals surface area contributed by atoms with Gasteiger partial charge in [0.25, 0.3) is 0 Å². The van der Waals surface area contributed by atoms with Gasteiger partial charge < -0.3 is 9.84 Å². The number of sulfonamides is 1. The molecule has 1 N–H and O–H groups in total. The van der Waals surface area contributed by atoms with Gasteiger partial charge in [0, 0.05) is 12.6 Å². The van der Waals surface area contributed by atoms with Crippen molar-refractivity contribution in [1.29, 1.82) is 0 Å². The fraction of sp³-hybridized carbons (Fsp3) is 0.364. The molecule has 0 saturated carbocycles. The SMILES string of the molecule is CCN(c1cccc(O)c1)S(=O)(=O)CC(=O)OC. The van der Waals surface area contributed by atoms with Crippen LogP contribution in [-0.2, 0) is 19.6 Å². The van der Waals surface area contributed by atoms with Crippen molar-refractivity contribution in [2.24, 2.45) is 0 Å². The number of nitrogens with zero attached hydrogens (tertiary/aromatic N) is 1. The van der Waals surface area contributed by atoms with Gasteiger partial charge in [-0.05, 0) is 19.1 Å². The predicted octanol–water partition coefficient (Wildman–Crippen LogP) is 0.721. The molecule has 0 saturated heterocycles. The largest absolute Gasteiger partial charge is 0.508 e. The van der Waals surface area contributed by atoms with Crippen LogP contribution in [-0.4, -0.2) is 38.9 Å². The average Bonchev–Trinajstić information content (AvgIpc) is 2.28. The van der Waals surface area contributed by atoms with E-state index in [0.717, 1.165) is 11.4 Å². The minimum absolute atomic E-state index is 0.0424. The van der Waals surface area contributed by atoms with Crippen LogP contribution in [0.1, 0.15) is 6.92 Å². The normalized spacial score (nSPS) is 11.0. The summed E-state index contributed by atoms with van der Waals surface area (Å²) in [4.78, 5) is 11.1. The Morgan fingerprint density at radius 1 is 1.44 bits per heavy atom. The van der Waals surface area contributed by atoms with Gasteiger partial charge >= 0.3 is 5.97 Å². The van der Waals surface area contributed by atoms with E-state index in [4.69, 9.17) is 0 Å². The molecule has 0 aliphatic heterocycles. The van der Waals surface area contributed by atoms with Crippen molar-refractivity contribution >= 4 is 21.7 Å². The summed E-state index contributed by atoms with van der Waals surface area (Å²) in [7, 11) is -2.68. The maximum atomic E-state index is 12.0. The standard InChI is InChI=1S/C11H15NO5S/c1-3-12(9-5-4-6-10(13)7-9)18(15,16)8-11(14)17-2/h4-7,13H,3,8H2,1-2H3. The van der Waals surface area contributed by atoms with Crippen molar-refractivity contribution in [3.05, 3.63) is 24.3 Å². The molecule has 0 aliphatic rings. The van der Waals surface area contributed by atoms with Crippen LogP contribution in [0.3, 0.4) is 0 Å². The molecule has 1 aromatic carbocycles. The monoisotopic (exact) mass is 273 g/mol. The smallest absolute Gasteiger partial charge is 0.322 e. The molecule has 18 heavy (non-hydrogen) atoms. The van der Waals surface area contributed by atoms with E-state index < -0.39 is 21.7 Å². The van der Waals surface area contributed by atoms with Crippen LogP contribution in [0.5, 0.6) is 5.75 Å². The third kappa shape index (κ3) is 3.36. The van der Waals surface area contributed by atoms with Crippen molar-refractivity contribution < 1.29 is 23.1 Å². The summed E-state index contributed by atoms with van der Waals surface area (Å²) in [6, 6.07) is 5.82. The first-order chi connectivity index (χ1) is 8.40. The number of benzene rings is 1. The summed E-state index contributed by atoms with van der Waals surface area (Å²) in [5.41, 5.74) is 0.307. The first-order valence-electron chi connectivity index (χ1n) is 5.27. The minimum Gasteiger partial charge on any atom is -0.508 e. The maximum absolute atomic E-state index is 12.0. The highest BCUT2D eigenvalue weighted by molar-refractivity contribution is 7.93. The van der Waals surface area contributed by atoms with Crippen molar-refractivity contribution in [3.8, 4) is 5.75 Å². The third-order valence-electron chi connectivity index (χ3n) is 2.27. The van der Waals surface area contributed by atoms with Gasteiger partial charge in [-0.3, -0.25) is 9.10 Å². The number of phenols is 1. The first-order valence-corrected chi connectivity index (χ1v) is 6.88. The molecule has 0 unspecified atom stereocenters. The average molecular weight is 273 g/mol. The van der Waals surface area contributed by atoms with Gasteiger partial charge in [-0.25, -0.2) is 8.42 Å². The number of hydrogen-bond acceptors (Lipinski definition) is 5. The summed E-state index contributed by atoms with van der Waals surface area (Å²) < 4.78 is 29.4. The van der Waals surface area contributed by atoms with Gasteiger partial charge in [0.2, 0.25) is 10.0 Å². The van der Waals surface area contributed by atoms with Crippen LogP contribution in [0.25, 0.3) is 0 Å². The summed E-state index contributed by atoms with van der Waals surface area (Å²) in [5.74, 6) is -1.60. The van der Waals surface area contributed by atoms with E-state index in [0.29, 0.717) is 5.69 Å². The Labute approximate surface area is 106 Å². The second-order valence-corrected chi connectivity index (χ2v) is 5.41. The van der Waals surface area contributed by atoms with Crippen molar-refractivity contribution in [1.82, 2.24) is 0 Å². The van der Waals surface area contributed by atoms with E-state index in [1.54, 1.807) is 6.92 Å². The molecule has 100 valence electrons. The van der Waals surface area contributed by atoms with Crippen molar-refractivity contribution in [2.75, 3.05) is 23.7 Å². The lowest BCUT2D eigenvalue weighted by atomic mass is 10.3. The number of carbonyl (C=O) groups is 1. The topological polar surface area (TPSA) is 83.9 Å². The molecular weight excluding hydrogens is 258 g/mol. The predicted molar refractivity (Wildman–Crippen MR) is 66.9 cm³/mol. The second-order valence-electron chi connectivity index (χ2n) is 3.52. The summed E-state index contributed by atoms with van der Waals surface area (Å²) >= 11 is 0. The van der Waals surface area contributed by atoms with Crippen LogP contribution >= 0.6 is 0 Å². The number of hydrogen-bond donors (Lipinski definition) is 1. The zero-order valence-electron chi connectivity index (χ0n) is 10.2. The van der Waals surface area contributed by atoms with E-state index in [-0.39, 0.29) is 12.3 Å². The van der Waals surface area contributed by atoms with Crippen LogP contribution < -0.4 is 4.31 Å². The number of aromatic hydroxyl groups is 1. The summed E-state index contributed by atoms with van der Waals surface area (Å²) in [6.07, 6.45) is 0. The second kappa shape index (κ2) is 5.72. The van der Waals surface area contributed by atoms with Crippen LogP contribution in [0, 0.1) is 0 Å². The molecular formula is C11H15NO5S. The lowest BCUT2D eigenvalue weighted by molar-refractivity contribution is -0.137. The van der Waals surface area contributed by atoms with E-state index in [1.807, 2.05) is 0 Å². The van der Waals surface area contributed by atoms with Gasteiger partial charge in [-0.2, -0.15) is 0 Å². The Hall–Kier alpha value is -1.76. The molecule has 1 rings (SSSR count). The lowest BCUT2D eigenvalue weighted by Crippen LogP contribution is -2.35. The third-order valence-corrected chi connectivity index (χ3v) is 4.01. The van der Waals surface area contributed by atoms with E-state index in [2.05, 4.69) is 4.74 Å². The van der Waals surface area contributed by atoms with Crippen molar-refractivity contribution in [3.63, 3.8) is 0 Å². The van der Waals surface area contributed by atoms with Crippen LogP contribution in [0.2, 0.25) is 0 Å². The summed E-state index contributed by atoms with van der Waals surface area (Å²) in [5, 5.41) is 9.34. The Kier molecular flexibility index (Phi) is 4.55. The molecule has 0 bridgehead atoms. The quantitative estimate of drug-likeness (QED) is 0.799. The maximum Gasteiger partial charge on any atom is 0.322 e. The Bertz CT molecular complexity index is 526. The van der Waals surface area contributed by atoms with Crippen molar-refractivity contribution in [2.45, 2.75) is 6.92 Å². The Morgan fingerprint density at radius 3 is 2.61 bits per heavy atom. The molecule has 1 aromatic rings. The molecule has 0 atom stereocenters. The molecule has 0 radical (unpaired) electrons. The molecule has 6 nitrogen and oxygen atoms in total. The molecule has 0 amide bonds. The van der Waals surface area contributed by atoms with Crippen LogP contribution in [0.15, 0.2) is 24.3 Å². The fourth-order valence-electron chi connectivity index (χ4n) is 1.47. The number of rotatable bonds is 5. The number of ether oxygens (including phenoxy) is 1. The zero-order valence-corrected chi connectivity index (χ0v) is 11.0. The molecule has 7 heteroatoms. The first kappa shape index (κ1) is 14.3. The molecule has 0 heterocycles. The number of anilines is 1. The van der Waals surface area contributed by atoms with Gasteiger partial charge in [-0.15, -0.1) is 0 Å². The highest BCUT2D eigenvalue weighted by Gasteiger charge is 2.25. The number of carbonyl (C=O) groups excluding carboxylic acids is 1. The van der Waals surface area contributed by atoms with E-state index in [9.17, 15) is 18.3 Å². The molecule has 0 spiro atoms. The van der Waals surface area contributed by atoms with Gasteiger partial charge in [0.1, 0.15) is 5.75 Å². The van der Waals surface area contributed by atoms with Gasteiger partial charge in [0.15, 0.2) is 5.75 Å². The van der Waals surface area contributed by atoms with Crippen LogP contribution in [0.4, 0.5) is 5.69 Å². The van der Waals surface area contributed by atoms with E-state index in [1.165, 1.54) is 24.3 Å². The number of esters is 1. The molecule has 0 aliphatic carbocycles.